The number of rotatable bonds is 4. The van der Waals surface area contributed by atoms with Crippen LogP contribution in [-0.2, 0) is 16.6 Å². The zero-order chi connectivity index (χ0) is 21.4. The van der Waals surface area contributed by atoms with E-state index in [0.717, 1.165) is 50.2 Å². The van der Waals surface area contributed by atoms with Crippen LogP contribution in [0.4, 0.5) is 0 Å². The molecule has 0 aromatic heterocycles. The van der Waals surface area contributed by atoms with Crippen molar-refractivity contribution in [3.05, 3.63) is 77.9 Å². The predicted octanol–water partition coefficient (Wildman–Crippen LogP) is 3.43. The first-order chi connectivity index (χ1) is 14.4. The molecule has 3 rings (SSSR count). The van der Waals surface area contributed by atoms with Crippen LogP contribution in [0.2, 0.25) is 0 Å². The van der Waals surface area contributed by atoms with Crippen molar-refractivity contribution in [2.75, 3.05) is 39.3 Å². The summed E-state index contributed by atoms with van der Waals surface area (Å²) in [7, 11) is -3.55. The lowest BCUT2D eigenvalue weighted by atomic mass is 10.2. The molecular weight excluding hydrogens is 394 g/mol. The third-order valence-corrected chi connectivity index (χ3v) is 7.25. The molecule has 2 aromatic rings. The smallest absolute Gasteiger partial charge is 0.243 e. The van der Waals surface area contributed by atoms with Crippen LogP contribution in [0.3, 0.4) is 0 Å². The van der Waals surface area contributed by atoms with E-state index in [1.807, 2.05) is 25.1 Å². The Morgan fingerprint density at radius 2 is 1.67 bits per heavy atom. The van der Waals surface area contributed by atoms with Gasteiger partial charge in [0, 0.05) is 26.2 Å². The molecule has 2 aromatic carbocycles. The summed E-state index contributed by atoms with van der Waals surface area (Å²) in [5.74, 6) is 0. The highest BCUT2D eigenvalue weighted by molar-refractivity contribution is 7.89. The molecular formula is C24H33N3O2S. The Morgan fingerprint density at radius 1 is 0.967 bits per heavy atom. The Morgan fingerprint density at radius 3 is 2.40 bits per heavy atom. The van der Waals surface area contributed by atoms with Gasteiger partial charge in [-0.1, -0.05) is 54.6 Å². The van der Waals surface area contributed by atoms with E-state index in [4.69, 9.17) is 0 Å². The van der Waals surface area contributed by atoms with E-state index in [1.54, 1.807) is 16.4 Å². The minimum absolute atomic E-state index is 0.349. The lowest BCUT2D eigenvalue weighted by molar-refractivity contribution is 0.247. The molecule has 0 spiro atoms. The molecule has 1 aliphatic rings. The number of nitrogens with zero attached hydrogens (tertiary/aromatic N) is 2. The maximum atomic E-state index is 13.3. The van der Waals surface area contributed by atoms with Gasteiger partial charge in [-0.05, 0) is 62.7 Å². The normalized spacial score (nSPS) is 18.5. The van der Waals surface area contributed by atoms with Crippen LogP contribution < -0.4 is 5.32 Å². The highest BCUT2D eigenvalue weighted by atomic mass is 32.2. The van der Waals surface area contributed by atoms with Gasteiger partial charge in [-0.25, -0.2) is 8.42 Å². The average molecular weight is 428 g/mol. The summed E-state index contributed by atoms with van der Waals surface area (Å²) in [4.78, 5) is 2.77. The van der Waals surface area contributed by atoms with Crippen LogP contribution in [-0.4, -0.2) is 56.9 Å². The fourth-order valence-electron chi connectivity index (χ4n) is 3.72. The minimum atomic E-state index is -3.55. The molecule has 6 heteroatoms. The fraction of sp³-hybridized carbons (Fsp3) is 0.417. The van der Waals surface area contributed by atoms with E-state index < -0.39 is 10.0 Å². The zero-order valence-electron chi connectivity index (χ0n) is 17.9. The highest BCUT2D eigenvalue weighted by Crippen LogP contribution is 2.18. The average Bonchev–Trinajstić information content (AvgIpc) is 2.72. The molecule has 1 N–H and O–H groups in total. The van der Waals surface area contributed by atoms with Crippen LogP contribution in [0.15, 0.2) is 71.6 Å². The van der Waals surface area contributed by atoms with E-state index in [1.165, 1.54) is 5.56 Å². The summed E-state index contributed by atoms with van der Waals surface area (Å²) in [6.45, 7) is 11.2. The minimum Gasteiger partial charge on any atom is -0.313 e. The second kappa shape index (κ2) is 10.9. The molecule has 5 nitrogen and oxygen atoms in total. The van der Waals surface area contributed by atoms with Gasteiger partial charge in [-0.3, -0.25) is 4.90 Å². The molecule has 0 saturated carbocycles. The molecule has 1 heterocycles. The number of aryl methyl sites for hydroxylation is 1. The van der Waals surface area contributed by atoms with E-state index >= 15 is 0 Å². The summed E-state index contributed by atoms with van der Waals surface area (Å²) in [6, 6.07) is 17.5. The van der Waals surface area contributed by atoms with E-state index in [-0.39, 0.29) is 0 Å². The van der Waals surface area contributed by atoms with Gasteiger partial charge in [0.15, 0.2) is 0 Å². The van der Waals surface area contributed by atoms with Gasteiger partial charge < -0.3 is 5.32 Å². The Hall–Kier alpha value is -1.99. The number of sulfonamides is 1. The molecule has 0 unspecified atom stereocenters. The zero-order valence-corrected chi connectivity index (χ0v) is 18.7. The summed E-state index contributed by atoms with van der Waals surface area (Å²) >= 11 is 0. The van der Waals surface area contributed by atoms with Crippen LogP contribution in [0, 0.1) is 6.92 Å². The molecule has 0 bridgehead atoms. The van der Waals surface area contributed by atoms with Crippen LogP contribution in [0.5, 0.6) is 0 Å². The largest absolute Gasteiger partial charge is 0.313 e. The van der Waals surface area contributed by atoms with E-state index in [0.29, 0.717) is 24.5 Å². The van der Waals surface area contributed by atoms with Crippen molar-refractivity contribution in [1.29, 1.82) is 0 Å². The van der Waals surface area contributed by atoms with Gasteiger partial charge in [0.05, 0.1) is 4.90 Å². The van der Waals surface area contributed by atoms with Crippen molar-refractivity contribution >= 4 is 10.0 Å². The van der Waals surface area contributed by atoms with E-state index in [9.17, 15) is 8.42 Å². The Kier molecular flexibility index (Phi) is 8.22. The third kappa shape index (κ3) is 6.51. The molecule has 0 atom stereocenters. The van der Waals surface area contributed by atoms with Gasteiger partial charge in [0.2, 0.25) is 10.0 Å². The Labute approximate surface area is 181 Å². The van der Waals surface area contributed by atoms with Crippen molar-refractivity contribution in [3.63, 3.8) is 0 Å². The Balaban J connectivity index is 1.73. The van der Waals surface area contributed by atoms with Crippen LogP contribution in [0.25, 0.3) is 0 Å². The molecule has 0 radical (unpaired) electrons. The summed E-state index contributed by atoms with van der Waals surface area (Å²) in [5, 5.41) is 3.41. The van der Waals surface area contributed by atoms with Gasteiger partial charge in [-0.2, -0.15) is 4.31 Å². The van der Waals surface area contributed by atoms with Crippen molar-refractivity contribution < 1.29 is 8.42 Å². The van der Waals surface area contributed by atoms with Crippen molar-refractivity contribution in [2.24, 2.45) is 0 Å². The molecule has 0 amide bonds. The number of benzene rings is 2. The quantitative estimate of drug-likeness (QED) is 0.760. The molecule has 1 aliphatic heterocycles. The maximum Gasteiger partial charge on any atom is 0.243 e. The number of hydrogen-bond donors (Lipinski definition) is 1. The summed E-state index contributed by atoms with van der Waals surface area (Å²) in [5.41, 5.74) is 3.23. The molecule has 0 aliphatic carbocycles. The first-order valence-corrected chi connectivity index (χ1v) is 12.1. The second-order valence-corrected chi connectivity index (χ2v) is 9.99. The SMILES string of the molecule is C=C1CNCCCN(Cc2ccccc2)CCCN(S(=O)(=O)c2ccc(C)cc2)C1. The molecule has 162 valence electrons. The van der Waals surface area contributed by atoms with Crippen LogP contribution in [0.1, 0.15) is 24.0 Å². The van der Waals surface area contributed by atoms with Gasteiger partial charge in [0.25, 0.3) is 0 Å². The van der Waals surface area contributed by atoms with E-state index in [2.05, 4.69) is 41.1 Å². The number of hydrogen-bond acceptors (Lipinski definition) is 4. The highest BCUT2D eigenvalue weighted by Gasteiger charge is 2.25. The fourth-order valence-corrected chi connectivity index (χ4v) is 5.22. The standard InChI is InChI=1S/C24H33N3O2S/c1-21-10-12-24(13-11-21)30(28,29)27-17-7-16-26(20-23-8-4-3-5-9-23)15-6-14-25-18-22(2)19-27/h3-5,8-13,25H,2,6-7,14-20H2,1H3. The van der Waals surface area contributed by atoms with Gasteiger partial charge in [-0.15, -0.1) is 0 Å². The first-order valence-electron chi connectivity index (χ1n) is 10.7. The molecule has 30 heavy (non-hydrogen) atoms. The van der Waals surface area contributed by atoms with Crippen LogP contribution >= 0.6 is 0 Å². The predicted molar refractivity (Wildman–Crippen MR) is 123 cm³/mol. The van der Waals surface area contributed by atoms with Gasteiger partial charge in [0.1, 0.15) is 0 Å². The topological polar surface area (TPSA) is 52.6 Å². The third-order valence-electron chi connectivity index (χ3n) is 5.39. The summed E-state index contributed by atoms with van der Waals surface area (Å²) < 4.78 is 28.2. The maximum absolute atomic E-state index is 13.3. The monoisotopic (exact) mass is 427 g/mol. The lowest BCUT2D eigenvalue weighted by Gasteiger charge is -2.27. The first kappa shape index (κ1) is 22.7. The number of nitrogens with one attached hydrogen (secondary N) is 1. The van der Waals surface area contributed by atoms with Crippen molar-refractivity contribution in [3.8, 4) is 0 Å². The second-order valence-electron chi connectivity index (χ2n) is 8.05. The van der Waals surface area contributed by atoms with Crippen molar-refractivity contribution in [2.45, 2.75) is 31.2 Å². The molecule has 1 fully saturated rings. The Bertz CT molecular complexity index is 911. The summed E-state index contributed by atoms with van der Waals surface area (Å²) in [6.07, 6.45) is 1.85. The molecule has 1 saturated heterocycles. The van der Waals surface area contributed by atoms with Crippen molar-refractivity contribution in [1.82, 2.24) is 14.5 Å². The van der Waals surface area contributed by atoms with Gasteiger partial charge >= 0.3 is 0 Å². The lowest BCUT2D eigenvalue weighted by Crippen LogP contribution is -2.38.